The van der Waals surface area contributed by atoms with Crippen LogP contribution in [-0.4, -0.2) is 50.8 Å². The van der Waals surface area contributed by atoms with Crippen molar-refractivity contribution in [1.82, 2.24) is 10.2 Å². The average Bonchev–Trinajstić information content (AvgIpc) is 2.16. The molecule has 0 bridgehead atoms. The second-order valence-electron chi connectivity index (χ2n) is 3.69. The summed E-state index contributed by atoms with van der Waals surface area (Å²) >= 11 is 0. The van der Waals surface area contributed by atoms with E-state index in [4.69, 9.17) is 4.74 Å². The van der Waals surface area contributed by atoms with Gasteiger partial charge in [-0.3, -0.25) is 4.90 Å². The van der Waals surface area contributed by atoms with Crippen molar-refractivity contribution in [2.24, 2.45) is 0 Å². The maximum absolute atomic E-state index is 5.67. The van der Waals surface area contributed by atoms with Crippen LogP contribution in [0.2, 0.25) is 0 Å². The molecular weight excluding hydrogens is 164 g/mol. The summed E-state index contributed by atoms with van der Waals surface area (Å²) in [5, 5.41) is 3.18. The van der Waals surface area contributed by atoms with Gasteiger partial charge in [0.1, 0.15) is 0 Å². The Morgan fingerprint density at radius 2 is 2.38 bits per heavy atom. The molecule has 0 saturated carbocycles. The Kier molecular flexibility index (Phi) is 5.35. The highest BCUT2D eigenvalue weighted by Crippen LogP contribution is 2.09. The zero-order valence-corrected chi connectivity index (χ0v) is 8.88. The monoisotopic (exact) mass is 186 g/mol. The summed E-state index contributed by atoms with van der Waals surface area (Å²) in [5.41, 5.74) is 0. The molecule has 1 N–H and O–H groups in total. The number of rotatable bonds is 5. The highest BCUT2D eigenvalue weighted by molar-refractivity contribution is 4.71. The average molecular weight is 186 g/mol. The molecule has 13 heavy (non-hydrogen) atoms. The maximum Gasteiger partial charge on any atom is 0.0702 e. The number of nitrogens with zero attached hydrogens (tertiary/aromatic N) is 1. The molecule has 1 aliphatic rings. The van der Waals surface area contributed by atoms with Gasteiger partial charge in [-0.05, 0) is 13.5 Å². The van der Waals surface area contributed by atoms with Crippen molar-refractivity contribution in [2.75, 3.05) is 39.8 Å². The van der Waals surface area contributed by atoms with Crippen LogP contribution in [0.3, 0.4) is 0 Å². The van der Waals surface area contributed by atoms with E-state index in [1.54, 1.807) is 0 Å². The summed E-state index contributed by atoms with van der Waals surface area (Å²) in [4.78, 5) is 2.49. The SMILES string of the molecule is CCC[C@H]1CN(CCNC)CCO1. The van der Waals surface area contributed by atoms with Crippen LogP contribution in [0.25, 0.3) is 0 Å². The molecular formula is C10H22N2O. The van der Waals surface area contributed by atoms with Crippen molar-refractivity contribution >= 4 is 0 Å². The first-order valence-corrected chi connectivity index (χ1v) is 5.35. The van der Waals surface area contributed by atoms with Crippen molar-refractivity contribution in [3.63, 3.8) is 0 Å². The molecule has 3 nitrogen and oxygen atoms in total. The van der Waals surface area contributed by atoms with Gasteiger partial charge in [-0.2, -0.15) is 0 Å². The van der Waals surface area contributed by atoms with Gasteiger partial charge in [0.15, 0.2) is 0 Å². The van der Waals surface area contributed by atoms with Crippen LogP contribution in [0.5, 0.6) is 0 Å². The highest BCUT2D eigenvalue weighted by Gasteiger charge is 2.18. The highest BCUT2D eigenvalue weighted by atomic mass is 16.5. The number of hydrogen-bond donors (Lipinski definition) is 1. The molecule has 1 saturated heterocycles. The summed E-state index contributed by atoms with van der Waals surface area (Å²) in [6.07, 6.45) is 2.91. The first-order chi connectivity index (χ1) is 6.36. The van der Waals surface area contributed by atoms with E-state index in [2.05, 4.69) is 17.1 Å². The summed E-state index contributed by atoms with van der Waals surface area (Å²) in [6, 6.07) is 0. The van der Waals surface area contributed by atoms with Gasteiger partial charge in [0.2, 0.25) is 0 Å². The summed E-state index contributed by atoms with van der Waals surface area (Å²) < 4.78 is 5.67. The van der Waals surface area contributed by atoms with Gasteiger partial charge >= 0.3 is 0 Å². The molecule has 0 aromatic heterocycles. The Balaban J connectivity index is 2.16. The van der Waals surface area contributed by atoms with Crippen LogP contribution < -0.4 is 5.32 Å². The lowest BCUT2D eigenvalue weighted by Gasteiger charge is -2.32. The van der Waals surface area contributed by atoms with Gasteiger partial charge in [-0.15, -0.1) is 0 Å². The molecule has 1 fully saturated rings. The normalized spacial score (nSPS) is 24.9. The van der Waals surface area contributed by atoms with Gasteiger partial charge in [-0.1, -0.05) is 13.3 Å². The van der Waals surface area contributed by atoms with Crippen molar-refractivity contribution in [1.29, 1.82) is 0 Å². The number of ether oxygens (including phenoxy) is 1. The zero-order valence-electron chi connectivity index (χ0n) is 8.88. The number of morpholine rings is 1. The molecule has 3 heteroatoms. The van der Waals surface area contributed by atoms with E-state index in [-0.39, 0.29) is 0 Å². The fourth-order valence-electron chi connectivity index (χ4n) is 1.75. The first-order valence-electron chi connectivity index (χ1n) is 5.35. The molecule has 0 aliphatic carbocycles. The molecule has 1 aliphatic heterocycles. The third-order valence-corrected chi connectivity index (χ3v) is 2.51. The van der Waals surface area contributed by atoms with E-state index in [1.807, 2.05) is 7.05 Å². The molecule has 0 spiro atoms. The third kappa shape index (κ3) is 4.07. The Hall–Kier alpha value is -0.120. The third-order valence-electron chi connectivity index (χ3n) is 2.51. The van der Waals surface area contributed by atoms with Crippen LogP contribution >= 0.6 is 0 Å². The fraction of sp³-hybridized carbons (Fsp3) is 1.00. The number of hydrogen-bond acceptors (Lipinski definition) is 3. The van der Waals surface area contributed by atoms with Gasteiger partial charge in [0.25, 0.3) is 0 Å². The molecule has 0 radical (unpaired) electrons. The molecule has 1 rings (SSSR count). The Labute approximate surface area is 81.4 Å². The number of likely N-dealkylation sites (N-methyl/N-ethyl adjacent to an activating group) is 1. The summed E-state index contributed by atoms with van der Waals surface area (Å²) in [6.45, 7) is 7.58. The van der Waals surface area contributed by atoms with E-state index >= 15 is 0 Å². The standard InChI is InChI=1S/C10H22N2O/c1-3-4-10-9-12(6-5-11-2)7-8-13-10/h10-11H,3-9H2,1-2H3/t10-/m0/s1. The smallest absolute Gasteiger partial charge is 0.0702 e. The lowest BCUT2D eigenvalue weighted by Crippen LogP contribution is -2.44. The largest absolute Gasteiger partial charge is 0.376 e. The maximum atomic E-state index is 5.67. The lowest BCUT2D eigenvalue weighted by atomic mass is 10.2. The van der Waals surface area contributed by atoms with Gasteiger partial charge in [0.05, 0.1) is 12.7 Å². The first kappa shape index (κ1) is 11.0. The van der Waals surface area contributed by atoms with Gasteiger partial charge in [-0.25, -0.2) is 0 Å². The van der Waals surface area contributed by atoms with E-state index in [1.165, 1.54) is 12.8 Å². The van der Waals surface area contributed by atoms with E-state index in [9.17, 15) is 0 Å². The minimum Gasteiger partial charge on any atom is -0.376 e. The predicted octanol–water partition coefficient (Wildman–Crippen LogP) is 0.707. The van der Waals surface area contributed by atoms with E-state index in [0.717, 1.165) is 32.8 Å². The number of nitrogens with one attached hydrogen (secondary N) is 1. The van der Waals surface area contributed by atoms with Gasteiger partial charge < -0.3 is 10.1 Å². The van der Waals surface area contributed by atoms with Crippen LogP contribution in [-0.2, 0) is 4.74 Å². The van der Waals surface area contributed by atoms with E-state index in [0.29, 0.717) is 6.10 Å². The van der Waals surface area contributed by atoms with Crippen LogP contribution in [0.4, 0.5) is 0 Å². The second-order valence-corrected chi connectivity index (χ2v) is 3.69. The molecule has 0 aromatic rings. The Bertz CT molecular complexity index is 128. The fourth-order valence-corrected chi connectivity index (χ4v) is 1.75. The molecule has 1 heterocycles. The molecule has 0 aromatic carbocycles. The van der Waals surface area contributed by atoms with Crippen molar-refractivity contribution < 1.29 is 4.74 Å². The quantitative estimate of drug-likeness (QED) is 0.684. The topological polar surface area (TPSA) is 24.5 Å². The van der Waals surface area contributed by atoms with Crippen LogP contribution in [0.15, 0.2) is 0 Å². The second kappa shape index (κ2) is 6.35. The van der Waals surface area contributed by atoms with Gasteiger partial charge in [0, 0.05) is 26.2 Å². The van der Waals surface area contributed by atoms with E-state index < -0.39 is 0 Å². The Morgan fingerprint density at radius 1 is 1.54 bits per heavy atom. The van der Waals surface area contributed by atoms with Crippen molar-refractivity contribution in [3.05, 3.63) is 0 Å². The van der Waals surface area contributed by atoms with Crippen molar-refractivity contribution in [2.45, 2.75) is 25.9 Å². The zero-order chi connectivity index (χ0) is 9.52. The summed E-state index contributed by atoms with van der Waals surface area (Å²) in [7, 11) is 2.00. The lowest BCUT2D eigenvalue weighted by molar-refractivity contribution is -0.0315. The molecule has 0 amide bonds. The minimum atomic E-state index is 0.482. The molecule has 78 valence electrons. The van der Waals surface area contributed by atoms with Crippen LogP contribution in [0.1, 0.15) is 19.8 Å². The molecule has 1 atom stereocenters. The predicted molar refractivity (Wildman–Crippen MR) is 55.0 cm³/mol. The van der Waals surface area contributed by atoms with Crippen LogP contribution in [0, 0.1) is 0 Å². The Morgan fingerprint density at radius 3 is 3.08 bits per heavy atom. The minimum absolute atomic E-state index is 0.482. The van der Waals surface area contributed by atoms with Crippen molar-refractivity contribution in [3.8, 4) is 0 Å². The summed E-state index contributed by atoms with van der Waals surface area (Å²) in [5.74, 6) is 0. The molecule has 0 unspecified atom stereocenters.